The van der Waals surface area contributed by atoms with Crippen molar-refractivity contribution in [3.8, 4) is 5.82 Å². The summed E-state index contributed by atoms with van der Waals surface area (Å²) in [7, 11) is 0. The molecule has 1 aromatic carbocycles. The number of Topliss-reactive ketones (excluding diaryl/α,β-unsaturated/α-hetero) is 1. The summed E-state index contributed by atoms with van der Waals surface area (Å²) in [5.41, 5.74) is 6.05. The third kappa shape index (κ3) is 4.21. The van der Waals surface area contributed by atoms with E-state index in [2.05, 4.69) is 20.5 Å². The molecule has 0 spiro atoms. The second-order valence-electron chi connectivity index (χ2n) is 5.68. The molecule has 3 aromatic rings. The van der Waals surface area contributed by atoms with E-state index < -0.39 is 23.6 Å². The van der Waals surface area contributed by atoms with Gasteiger partial charge >= 0.3 is 0 Å². The number of carbonyl (C=O) groups excluding carboxylic acids is 3. The summed E-state index contributed by atoms with van der Waals surface area (Å²) in [5, 5.41) is 10.3. The van der Waals surface area contributed by atoms with Gasteiger partial charge in [-0.25, -0.2) is 4.98 Å². The standard InChI is InChI=1S/C18H16N6O3/c19-17(26)16(25)13(9-12-5-2-1-3-6-12)22-18(27)14-10-20-11-24(14)15-7-4-8-21-23-15/h1-8,10-11,13H,9H2,(H2,19,26)(H,22,27). The fourth-order valence-electron chi connectivity index (χ4n) is 2.53. The molecule has 1 atom stereocenters. The van der Waals surface area contributed by atoms with Gasteiger partial charge in [0.05, 0.1) is 6.20 Å². The molecule has 3 N–H and O–H groups in total. The Labute approximate surface area is 154 Å². The Morgan fingerprint density at radius 3 is 2.56 bits per heavy atom. The van der Waals surface area contributed by atoms with Crippen LogP contribution in [-0.4, -0.2) is 43.4 Å². The van der Waals surface area contributed by atoms with E-state index in [0.29, 0.717) is 5.82 Å². The highest BCUT2D eigenvalue weighted by Gasteiger charge is 2.27. The zero-order valence-corrected chi connectivity index (χ0v) is 14.1. The normalized spacial score (nSPS) is 11.6. The molecule has 9 heteroatoms. The molecular weight excluding hydrogens is 348 g/mol. The maximum Gasteiger partial charge on any atom is 0.287 e. The first-order chi connectivity index (χ1) is 13.1. The molecule has 0 saturated heterocycles. The van der Waals surface area contributed by atoms with E-state index in [1.807, 2.05) is 6.07 Å². The Balaban J connectivity index is 1.84. The number of nitrogens with zero attached hydrogens (tertiary/aromatic N) is 4. The predicted molar refractivity (Wildman–Crippen MR) is 94.8 cm³/mol. The van der Waals surface area contributed by atoms with Crippen molar-refractivity contribution in [2.75, 3.05) is 0 Å². The van der Waals surface area contributed by atoms with Gasteiger partial charge in [0.15, 0.2) is 5.82 Å². The lowest BCUT2D eigenvalue weighted by molar-refractivity contribution is -0.137. The van der Waals surface area contributed by atoms with Crippen LogP contribution in [0.2, 0.25) is 0 Å². The first-order valence-corrected chi connectivity index (χ1v) is 8.05. The molecule has 0 aliphatic rings. The highest BCUT2D eigenvalue weighted by Crippen LogP contribution is 2.09. The molecule has 0 bridgehead atoms. The van der Waals surface area contributed by atoms with Gasteiger partial charge in [0, 0.05) is 12.6 Å². The summed E-state index contributed by atoms with van der Waals surface area (Å²) in [6, 6.07) is 11.2. The van der Waals surface area contributed by atoms with Crippen LogP contribution < -0.4 is 11.1 Å². The van der Waals surface area contributed by atoms with Crippen LogP contribution in [0.25, 0.3) is 5.82 Å². The molecule has 3 rings (SSSR count). The lowest BCUT2D eigenvalue weighted by Crippen LogP contribution is -2.47. The number of benzene rings is 1. The molecule has 0 aliphatic carbocycles. The third-order valence-corrected chi connectivity index (χ3v) is 3.82. The van der Waals surface area contributed by atoms with Gasteiger partial charge in [-0.3, -0.25) is 19.0 Å². The first-order valence-electron chi connectivity index (χ1n) is 8.05. The van der Waals surface area contributed by atoms with Crippen molar-refractivity contribution in [1.82, 2.24) is 25.1 Å². The number of aromatic nitrogens is 4. The Morgan fingerprint density at radius 1 is 1.11 bits per heavy atom. The van der Waals surface area contributed by atoms with Crippen molar-refractivity contribution in [2.24, 2.45) is 5.73 Å². The first kappa shape index (κ1) is 17.9. The molecule has 2 heterocycles. The van der Waals surface area contributed by atoms with Crippen molar-refractivity contribution < 1.29 is 14.4 Å². The van der Waals surface area contributed by atoms with E-state index in [1.54, 1.807) is 36.4 Å². The molecule has 27 heavy (non-hydrogen) atoms. The summed E-state index contributed by atoms with van der Waals surface area (Å²) in [4.78, 5) is 40.2. The van der Waals surface area contributed by atoms with Gasteiger partial charge < -0.3 is 11.1 Å². The molecule has 2 aromatic heterocycles. The quantitative estimate of drug-likeness (QED) is 0.570. The van der Waals surface area contributed by atoms with Gasteiger partial charge in [0.2, 0.25) is 5.78 Å². The maximum absolute atomic E-state index is 12.7. The van der Waals surface area contributed by atoms with Gasteiger partial charge in [-0.15, -0.1) is 5.10 Å². The van der Waals surface area contributed by atoms with Crippen molar-refractivity contribution in [2.45, 2.75) is 12.5 Å². The second kappa shape index (κ2) is 8.00. The zero-order valence-electron chi connectivity index (χ0n) is 14.1. The summed E-state index contributed by atoms with van der Waals surface area (Å²) in [6.45, 7) is 0. The SMILES string of the molecule is NC(=O)C(=O)C(Cc1ccccc1)NC(=O)c1cncn1-c1cccnn1. The fourth-order valence-corrected chi connectivity index (χ4v) is 2.53. The van der Waals surface area contributed by atoms with Crippen molar-refractivity contribution in [1.29, 1.82) is 0 Å². The largest absolute Gasteiger partial charge is 0.363 e. The lowest BCUT2D eigenvalue weighted by Gasteiger charge is -2.16. The number of imidazole rings is 1. The van der Waals surface area contributed by atoms with Crippen molar-refractivity contribution in [3.05, 3.63) is 72.4 Å². The van der Waals surface area contributed by atoms with E-state index in [9.17, 15) is 14.4 Å². The highest BCUT2D eigenvalue weighted by atomic mass is 16.2. The number of amides is 2. The highest BCUT2D eigenvalue weighted by molar-refractivity contribution is 6.38. The average molecular weight is 364 g/mol. The van der Waals surface area contributed by atoms with Crippen molar-refractivity contribution >= 4 is 17.6 Å². The number of ketones is 1. The van der Waals surface area contributed by atoms with Crippen LogP contribution in [0.5, 0.6) is 0 Å². The number of carbonyl (C=O) groups is 3. The molecule has 2 amide bonds. The second-order valence-corrected chi connectivity index (χ2v) is 5.68. The minimum atomic E-state index is -1.11. The predicted octanol–water partition coefficient (Wildman–Crippen LogP) is 0.0578. The molecule has 0 aliphatic heterocycles. The molecule has 136 valence electrons. The van der Waals surface area contributed by atoms with E-state index in [0.717, 1.165) is 5.56 Å². The lowest BCUT2D eigenvalue weighted by atomic mass is 10.0. The van der Waals surface area contributed by atoms with Crippen LogP contribution >= 0.6 is 0 Å². The third-order valence-electron chi connectivity index (χ3n) is 3.82. The smallest absolute Gasteiger partial charge is 0.287 e. The minimum Gasteiger partial charge on any atom is -0.363 e. The number of nitrogens with one attached hydrogen (secondary N) is 1. The Kier molecular flexibility index (Phi) is 5.31. The van der Waals surface area contributed by atoms with Crippen molar-refractivity contribution in [3.63, 3.8) is 0 Å². The number of nitrogens with two attached hydrogens (primary N) is 1. The number of primary amides is 1. The molecular formula is C18H16N6O3. The summed E-state index contributed by atoms with van der Waals surface area (Å²) < 4.78 is 1.43. The molecule has 9 nitrogen and oxygen atoms in total. The number of hydrogen-bond donors (Lipinski definition) is 2. The van der Waals surface area contributed by atoms with E-state index in [1.165, 1.54) is 23.3 Å². The zero-order chi connectivity index (χ0) is 19.2. The maximum atomic E-state index is 12.7. The summed E-state index contributed by atoms with van der Waals surface area (Å²) in [5.74, 6) is -2.19. The molecule has 0 saturated carbocycles. The van der Waals surface area contributed by atoms with Crippen LogP contribution in [0.1, 0.15) is 16.1 Å². The van der Waals surface area contributed by atoms with Gasteiger partial charge in [-0.1, -0.05) is 30.3 Å². The van der Waals surface area contributed by atoms with Crippen LogP contribution in [0.4, 0.5) is 0 Å². The Bertz CT molecular complexity index is 955. The van der Waals surface area contributed by atoms with Gasteiger partial charge in [-0.2, -0.15) is 5.10 Å². The van der Waals surface area contributed by atoms with Crippen LogP contribution in [-0.2, 0) is 16.0 Å². The monoisotopic (exact) mass is 364 g/mol. The molecule has 0 radical (unpaired) electrons. The Morgan fingerprint density at radius 2 is 1.89 bits per heavy atom. The average Bonchev–Trinajstić information content (AvgIpc) is 3.18. The van der Waals surface area contributed by atoms with Crippen LogP contribution in [0.3, 0.4) is 0 Å². The summed E-state index contributed by atoms with van der Waals surface area (Å²) in [6.07, 6.45) is 4.37. The molecule has 1 unspecified atom stereocenters. The van der Waals surface area contributed by atoms with Gasteiger partial charge in [0.1, 0.15) is 18.1 Å². The molecule has 0 fully saturated rings. The van der Waals surface area contributed by atoms with E-state index >= 15 is 0 Å². The number of rotatable bonds is 7. The minimum absolute atomic E-state index is 0.133. The fraction of sp³-hybridized carbons (Fsp3) is 0.111. The van der Waals surface area contributed by atoms with Crippen LogP contribution in [0.15, 0.2) is 61.2 Å². The van der Waals surface area contributed by atoms with Crippen LogP contribution in [0, 0.1) is 0 Å². The van der Waals surface area contributed by atoms with Gasteiger partial charge in [0.25, 0.3) is 11.8 Å². The number of hydrogen-bond acceptors (Lipinski definition) is 6. The summed E-state index contributed by atoms with van der Waals surface area (Å²) >= 11 is 0. The van der Waals surface area contributed by atoms with E-state index in [-0.39, 0.29) is 12.1 Å². The van der Waals surface area contributed by atoms with E-state index in [4.69, 9.17) is 5.73 Å². The topological polar surface area (TPSA) is 133 Å². The van der Waals surface area contributed by atoms with Gasteiger partial charge in [-0.05, 0) is 17.7 Å². The Hall–Kier alpha value is -3.88.